The summed E-state index contributed by atoms with van der Waals surface area (Å²) in [7, 11) is 0. The summed E-state index contributed by atoms with van der Waals surface area (Å²) in [6.07, 6.45) is 3.52. The molecular weight excluding hydrogens is 204 g/mol. The van der Waals surface area contributed by atoms with Gasteiger partial charge in [0.25, 0.3) is 0 Å². The molecule has 5 nitrogen and oxygen atoms in total. The third-order valence-electron chi connectivity index (χ3n) is 3.90. The Labute approximate surface area is 96.9 Å². The van der Waals surface area contributed by atoms with Crippen LogP contribution in [0, 0.1) is 0 Å². The van der Waals surface area contributed by atoms with Crippen LogP contribution in [0.2, 0.25) is 0 Å². The molecule has 0 aromatic heterocycles. The predicted molar refractivity (Wildman–Crippen MR) is 63.7 cm³/mol. The van der Waals surface area contributed by atoms with E-state index < -0.39 is 0 Å². The fourth-order valence-electron chi connectivity index (χ4n) is 3.02. The number of hydrogen-bond acceptors (Lipinski definition) is 4. The summed E-state index contributed by atoms with van der Waals surface area (Å²) in [5, 5.41) is 11.9. The maximum Gasteiger partial charge on any atom is 0.156 e. The van der Waals surface area contributed by atoms with E-state index in [1.165, 1.54) is 19.4 Å². The molecule has 2 atom stereocenters. The number of hydrogen-bond donors (Lipinski definition) is 2. The average Bonchev–Trinajstić information content (AvgIpc) is 2.77. The molecule has 2 aliphatic rings. The van der Waals surface area contributed by atoms with E-state index in [1.807, 2.05) is 0 Å². The summed E-state index contributed by atoms with van der Waals surface area (Å²) in [6, 6.07) is 0.794. The Kier molecular flexibility index (Phi) is 3.66. The van der Waals surface area contributed by atoms with Gasteiger partial charge in [-0.05, 0) is 25.8 Å². The van der Waals surface area contributed by atoms with Gasteiger partial charge >= 0.3 is 0 Å². The van der Waals surface area contributed by atoms with Crippen molar-refractivity contribution in [2.75, 3.05) is 26.2 Å². The number of amidine groups is 1. The SMILES string of the molecule is CCC(C(N)=NO)N1CCN2CCCC2C1. The van der Waals surface area contributed by atoms with Crippen molar-refractivity contribution < 1.29 is 5.21 Å². The van der Waals surface area contributed by atoms with Crippen molar-refractivity contribution in [1.29, 1.82) is 0 Å². The highest BCUT2D eigenvalue weighted by Crippen LogP contribution is 2.23. The van der Waals surface area contributed by atoms with Gasteiger partial charge < -0.3 is 10.9 Å². The normalized spacial score (nSPS) is 30.3. The molecule has 2 heterocycles. The van der Waals surface area contributed by atoms with Crippen LogP contribution in [-0.4, -0.2) is 59.1 Å². The number of nitrogens with zero attached hydrogens (tertiary/aromatic N) is 3. The Hall–Kier alpha value is -0.810. The summed E-state index contributed by atoms with van der Waals surface area (Å²) >= 11 is 0. The van der Waals surface area contributed by atoms with Crippen LogP contribution in [0.25, 0.3) is 0 Å². The number of nitrogens with two attached hydrogens (primary N) is 1. The van der Waals surface area contributed by atoms with E-state index in [1.54, 1.807) is 0 Å². The first-order valence-corrected chi connectivity index (χ1v) is 6.21. The summed E-state index contributed by atoms with van der Waals surface area (Å²) in [5.41, 5.74) is 5.74. The van der Waals surface area contributed by atoms with Crippen molar-refractivity contribution in [2.45, 2.75) is 38.3 Å². The van der Waals surface area contributed by atoms with Crippen LogP contribution in [0.5, 0.6) is 0 Å². The van der Waals surface area contributed by atoms with E-state index in [0.717, 1.165) is 26.1 Å². The van der Waals surface area contributed by atoms with Gasteiger partial charge in [0.15, 0.2) is 5.84 Å². The molecule has 0 radical (unpaired) electrons. The minimum atomic E-state index is 0.104. The Morgan fingerprint density at radius 1 is 1.50 bits per heavy atom. The highest BCUT2D eigenvalue weighted by Gasteiger charge is 2.33. The molecule has 2 rings (SSSR count). The highest BCUT2D eigenvalue weighted by molar-refractivity contribution is 5.85. The largest absolute Gasteiger partial charge is 0.409 e. The van der Waals surface area contributed by atoms with Crippen molar-refractivity contribution in [3.8, 4) is 0 Å². The zero-order valence-electron chi connectivity index (χ0n) is 9.97. The zero-order chi connectivity index (χ0) is 11.5. The van der Waals surface area contributed by atoms with Crippen LogP contribution in [0.4, 0.5) is 0 Å². The molecule has 0 aromatic carbocycles. The molecule has 0 aliphatic carbocycles. The van der Waals surface area contributed by atoms with Gasteiger partial charge in [0.1, 0.15) is 0 Å². The number of fused-ring (bicyclic) bond motifs is 1. The standard InChI is InChI=1S/C11H22N4O/c1-2-10(11(12)13-16)15-7-6-14-5-3-4-9(14)8-15/h9-10,16H,2-8H2,1H3,(H2,12,13). The molecule has 92 valence electrons. The maximum absolute atomic E-state index is 8.78. The molecule has 5 heteroatoms. The van der Waals surface area contributed by atoms with E-state index in [-0.39, 0.29) is 6.04 Å². The summed E-state index contributed by atoms with van der Waals surface area (Å²) in [5.74, 6) is 0.356. The summed E-state index contributed by atoms with van der Waals surface area (Å²) in [4.78, 5) is 4.93. The van der Waals surface area contributed by atoms with Crippen molar-refractivity contribution in [2.24, 2.45) is 10.9 Å². The van der Waals surface area contributed by atoms with Crippen LogP contribution < -0.4 is 5.73 Å². The first-order chi connectivity index (χ1) is 7.76. The quantitative estimate of drug-likeness (QED) is 0.314. The monoisotopic (exact) mass is 226 g/mol. The first kappa shape index (κ1) is 11.7. The predicted octanol–water partition coefficient (Wildman–Crippen LogP) is 0.291. The van der Waals surface area contributed by atoms with Crippen LogP contribution in [0.3, 0.4) is 0 Å². The van der Waals surface area contributed by atoms with E-state index >= 15 is 0 Å². The maximum atomic E-state index is 8.78. The average molecular weight is 226 g/mol. The van der Waals surface area contributed by atoms with Crippen LogP contribution in [0.15, 0.2) is 5.16 Å². The van der Waals surface area contributed by atoms with Crippen LogP contribution >= 0.6 is 0 Å². The van der Waals surface area contributed by atoms with Gasteiger partial charge in [0.2, 0.25) is 0 Å². The van der Waals surface area contributed by atoms with E-state index in [2.05, 4.69) is 21.9 Å². The summed E-state index contributed by atoms with van der Waals surface area (Å²) in [6.45, 7) is 6.56. The fraction of sp³-hybridized carbons (Fsp3) is 0.909. The smallest absolute Gasteiger partial charge is 0.156 e. The van der Waals surface area contributed by atoms with Gasteiger partial charge in [-0.2, -0.15) is 0 Å². The lowest BCUT2D eigenvalue weighted by Crippen LogP contribution is -2.56. The van der Waals surface area contributed by atoms with Crippen LogP contribution in [-0.2, 0) is 0 Å². The van der Waals surface area contributed by atoms with Gasteiger partial charge in [0, 0.05) is 25.7 Å². The second kappa shape index (κ2) is 5.01. The molecule has 2 aliphatic heterocycles. The third kappa shape index (κ3) is 2.15. The number of rotatable bonds is 3. The molecule has 2 fully saturated rings. The molecule has 0 amide bonds. The van der Waals surface area contributed by atoms with E-state index in [4.69, 9.17) is 10.9 Å². The Morgan fingerprint density at radius 2 is 2.31 bits per heavy atom. The second-order valence-corrected chi connectivity index (χ2v) is 4.78. The Balaban J connectivity index is 1.99. The topological polar surface area (TPSA) is 65.1 Å². The van der Waals surface area contributed by atoms with Crippen molar-refractivity contribution in [1.82, 2.24) is 9.80 Å². The van der Waals surface area contributed by atoms with Gasteiger partial charge in [-0.15, -0.1) is 0 Å². The zero-order valence-corrected chi connectivity index (χ0v) is 9.97. The summed E-state index contributed by atoms with van der Waals surface area (Å²) < 4.78 is 0. The minimum Gasteiger partial charge on any atom is -0.409 e. The van der Waals surface area contributed by atoms with E-state index in [9.17, 15) is 0 Å². The molecular formula is C11H22N4O. The number of piperazine rings is 1. The molecule has 2 unspecified atom stereocenters. The molecule has 16 heavy (non-hydrogen) atoms. The van der Waals surface area contributed by atoms with Crippen molar-refractivity contribution in [3.63, 3.8) is 0 Å². The minimum absolute atomic E-state index is 0.104. The van der Waals surface area contributed by atoms with E-state index in [0.29, 0.717) is 11.9 Å². The molecule has 0 spiro atoms. The molecule has 3 N–H and O–H groups in total. The molecule has 0 aromatic rings. The lowest BCUT2D eigenvalue weighted by atomic mass is 10.1. The highest BCUT2D eigenvalue weighted by atomic mass is 16.4. The van der Waals surface area contributed by atoms with Crippen LogP contribution in [0.1, 0.15) is 26.2 Å². The third-order valence-corrected chi connectivity index (χ3v) is 3.90. The lowest BCUT2D eigenvalue weighted by molar-refractivity contribution is 0.0883. The molecule has 0 saturated carbocycles. The van der Waals surface area contributed by atoms with Crippen molar-refractivity contribution >= 4 is 5.84 Å². The Morgan fingerprint density at radius 3 is 3.00 bits per heavy atom. The fourth-order valence-corrected chi connectivity index (χ4v) is 3.02. The van der Waals surface area contributed by atoms with Crippen molar-refractivity contribution in [3.05, 3.63) is 0 Å². The second-order valence-electron chi connectivity index (χ2n) is 4.78. The molecule has 2 saturated heterocycles. The Bertz CT molecular complexity index is 269. The van der Waals surface area contributed by atoms with Gasteiger partial charge in [0.05, 0.1) is 6.04 Å². The van der Waals surface area contributed by atoms with Gasteiger partial charge in [-0.25, -0.2) is 0 Å². The van der Waals surface area contributed by atoms with Gasteiger partial charge in [-0.3, -0.25) is 9.80 Å². The molecule has 0 bridgehead atoms. The number of oxime groups is 1. The van der Waals surface area contributed by atoms with Gasteiger partial charge in [-0.1, -0.05) is 12.1 Å². The first-order valence-electron chi connectivity index (χ1n) is 6.21. The lowest BCUT2D eigenvalue weighted by Gasteiger charge is -2.40.